The maximum atomic E-state index is 4.68. The second-order valence-electron chi connectivity index (χ2n) is 5.17. The van der Waals surface area contributed by atoms with Gasteiger partial charge in [0, 0.05) is 25.7 Å². The SMILES string of the molecule is CNc1cc(N(CC2CC2)C2CC2)nc(SC)n1. The smallest absolute Gasteiger partial charge is 0.191 e. The molecule has 0 aromatic carbocycles. The van der Waals surface area contributed by atoms with E-state index >= 15 is 0 Å². The van der Waals surface area contributed by atoms with Crippen LogP contribution < -0.4 is 10.2 Å². The van der Waals surface area contributed by atoms with Gasteiger partial charge in [-0.05, 0) is 37.9 Å². The molecule has 2 aliphatic rings. The molecule has 98 valence electrons. The molecule has 0 amide bonds. The fraction of sp³-hybridized carbons (Fsp3) is 0.692. The van der Waals surface area contributed by atoms with Crippen LogP contribution in [0.2, 0.25) is 0 Å². The molecule has 0 atom stereocenters. The molecule has 0 bridgehead atoms. The van der Waals surface area contributed by atoms with Gasteiger partial charge >= 0.3 is 0 Å². The van der Waals surface area contributed by atoms with Crippen molar-refractivity contribution in [3.8, 4) is 0 Å². The molecule has 2 aliphatic carbocycles. The molecule has 2 saturated carbocycles. The van der Waals surface area contributed by atoms with Crippen LogP contribution in [0.5, 0.6) is 0 Å². The van der Waals surface area contributed by atoms with E-state index in [1.807, 2.05) is 13.3 Å². The monoisotopic (exact) mass is 264 g/mol. The Morgan fingerprint density at radius 2 is 2.11 bits per heavy atom. The molecule has 0 unspecified atom stereocenters. The van der Waals surface area contributed by atoms with Crippen LogP contribution in [0.1, 0.15) is 25.7 Å². The Balaban J connectivity index is 1.86. The van der Waals surface area contributed by atoms with Crippen LogP contribution in [0.4, 0.5) is 11.6 Å². The van der Waals surface area contributed by atoms with Crippen molar-refractivity contribution in [2.45, 2.75) is 36.9 Å². The molecule has 0 saturated heterocycles. The van der Waals surface area contributed by atoms with E-state index in [4.69, 9.17) is 0 Å². The lowest BCUT2D eigenvalue weighted by molar-refractivity contribution is 0.701. The molecule has 18 heavy (non-hydrogen) atoms. The Morgan fingerprint density at radius 3 is 2.67 bits per heavy atom. The molecule has 1 N–H and O–H groups in total. The fourth-order valence-electron chi connectivity index (χ4n) is 2.17. The second kappa shape index (κ2) is 4.96. The van der Waals surface area contributed by atoms with E-state index in [1.54, 1.807) is 11.8 Å². The van der Waals surface area contributed by atoms with E-state index in [0.29, 0.717) is 0 Å². The highest BCUT2D eigenvalue weighted by Gasteiger charge is 2.34. The zero-order valence-electron chi connectivity index (χ0n) is 11.0. The van der Waals surface area contributed by atoms with E-state index < -0.39 is 0 Å². The zero-order chi connectivity index (χ0) is 12.5. The average Bonchev–Trinajstić information content (AvgIpc) is 3.28. The lowest BCUT2D eigenvalue weighted by Crippen LogP contribution is -2.29. The largest absolute Gasteiger partial charge is 0.373 e. The minimum Gasteiger partial charge on any atom is -0.373 e. The molecular formula is C13H20N4S. The molecule has 0 spiro atoms. The first-order valence-electron chi connectivity index (χ1n) is 6.67. The van der Waals surface area contributed by atoms with Crippen molar-refractivity contribution in [2.75, 3.05) is 30.1 Å². The summed E-state index contributed by atoms with van der Waals surface area (Å²) in [5.74, 6) is 2.93. The summed E-state index contributed by atoms with van der Waals surface area (Å²) in [4.78, 5) is 11.6. The van der Waals surface area contributed by atoms with Crippen LogP contribution in [0.15, 0.2) is 11.2 Å². The molecule has 4 nitrogen and oxygen atoms in total. The average molecular weight is 264 g/mol. The van der Waals surface area contributed by atoms with Crippen molar-refractivity contribution >= 4 is 23.4 Å². The number of thioether (sulfide) groups is 1. The number of nitrogens with zero attached hydrogens (tertiary/aromatic N) is 3. The first-order valence-corrected chi connectivity index (χ1v) is 7.90. The normalized spacial score (nSPS) is 18.8. The highest BCUT2D eigenvalue weighted by atomic mass is 32.2. The molecule has 0 aliphatic heterocycles. The maximum absolute atomic E-state index is 4.68. The summed E-state index contributed by atoms with van der Waals surface area (Å²) in [6.07, 6.45) is 7.45. The summed E-state index contributed by atoms with van der Waals surface area (Å²) in [7, 11) is 1.92. The van der Waals surface area contributed by atoms with Gasteiger partial charge in [-0.1, -0.05) is 11.8 Å². The van der Waals surface area contributed by atoms with Gasteiger partial charge in [0.2, 0.25) is 0 Å². The third-order valence-electron chi connectivity index (χ3n) is 3.56. The van der Waals surface area contributed by atoms with Gasteiger partial charge in [-0.25, -0.2) is 9.97 Å². The van der Waals surface area contributed by atoms with E-state index in [0.717, 1.165) is 28.8 Å². The number of hydrogen-bond acceptors (Lipinski definition) is 5. The summed E-state index contributed by atoms with van der Waals surface area (Å²) >= 11 is 1.61. The number of aromatic nitrogens is 2. The number of rotatable bonds is 6. The molecule has 0 radical (unpaired) electrons. The second-order valence-corrected chi connectivity index (χ2v) is 5.95. The van der Waals surface area contributed by atoms with Crippen LogP contribution >= 0.6 is 11.8 Å². The first kappa shape index (κ1) is 12.1. The minimum atomic E-state index is 0.722. The number of anilines is 2. The Hall–Kier alpha value is -0.970. The Kier molecular flexibility index (Phi) is 3.33. The number of nitrogens with one attached hydrogen (secondary N) is 1. The lowest BCUT2D eigenvalue weighted by atomic mass is 10.3. The Morgan fingerprint density at radius 1 is 1.33 bits per heavy atom. The Bertz CT molecular complexity index is 407. The lowest BCUT2D eigenvalue weighted by Gasteiger charge is -2.24. The minimum absolute atomic E-state index is 0.722. The van der Waals surface area contributed by atoms with Crippen molar-refractivity contribution < 1.29 is 0 Å². The summed E-state index contributed by atoms with van der Waals surface area (Å²) in [6.45, 7) is 1.18. The highest BCUT2D eigenvalue weighted by molar-refractivity contribution is 7.98. The van der Waals surface area contributed by atoms with Crippen LogP contribution in [0, 0.1) is 5.92 Å². The molecule has 2 fully saturated rings. The fourth-order valence-corrected chi connectivity index (χ4v) is 2.55. The third kappa shape index (κ3) is 2.71. The molecular weight excluding hydrogens is 244 g/mol. The van der Waals surface area contributed by atoms with Crippen molar-refractivity contribution in [1.82, 2.24) is 9.97 Å². The predicted molar refractivity (Wildman–Crippen MR) is 76.5 cm³/mol. The summed E-state index contributed by atoms with van der Waals surface area (Å²) < 4.78 is 0. The maximum Gasteiger partial charge on any atom is 0.191 e. The van der Waals surface area contributed by atoms with Crippen LogP contribution in [-0.4, -0.2) is 35.9 Å². The van der Waals surface area contributed by atoms with Crippen LogP contribution in [0.3, 0.4) is 0 Å². The third-order valence-corrected chi connectivity index (χ3v) is 4.11. The molecule has 1 aromatic rings. The van der Waals surface area contributed by atoms with Crippen molar-refractivity contribution in [3.05, 3.63) is 6.07 Å². The van der Waals surface area contributed by atoms with Gasteiger partial charge in [0.1, 0.15) is 11.6 Å². The van der Waals surface area contributed by atoms with Gasteiger partial charge in [0.15, 0.2) is 5.16 Å². The molecule has 3 rings (SSSR count). The predicted octanol–water partition coefficient (Wildman–Crippen LogP) is 2.62. The van der Waals surface area contributed by atoms with E-state index in [9.17, 15) is 0 Å². The van der Waals surface area contributed by atoms with Gasteiger partial charge < -0.3 is 10.2 Å². The van der Waals surface area contributed by atoms with Crippen molar-refractivity contribution in [1.29, 1.82) is 0 Å². The molecule has 1 heterocycles. The summed E-state index contributed by atoms with van der Waals surface area (Å²) in [6, 6.07) is 2.81. The van der Waals surface area contributed by atoms with E-state index in [1.165, 1.54) is 32.2 Å². The van der Waals surface area contributed by atoms with Gasteiger partial charge in [-0.2, -0.15) is 0 Å². The van der Waals surface area contributed by atoms with Gasteiger partial charge in [-0.3, -0.25) is 0 Å². The van der Waals surface area contributed by atoms with Crippen LogP contribution in [0.25, 0.3) is 0 Å². The summed E-state index contributed by atoms with van der Waals surface area (Å²) in [5.41, 5.74) is 0. The topological polar surface area (TPSA) is 41.0 Å². The van der Waals surface area contributed by atoms with Crippen molar-refractivity contribution in [3.63, 3.8) is 0 Å². The molecule has 1 aromatic heterocycles. The quantitative estimate of drug-likeness (QED) is 0.632. The van der Waals surface area contributed by atoms with Gasteiger partial charge in [-0.15, -0.1) is 0 Å². The summed E-state index contributed by atoms with van der Waals surface area (Å²) in [5, 5.41) is 3.99. The zero-order valence-corrected chi connectivity index (χ0v) is 11.8. The number of hydrogen-bond donors (Lipinski definition) is 1. The van der Waals surface area contributed by atoms with E-state index in [-0.39, 0.29) is 0 Å². The Labute approximate surface area is 113 Å². The molecule has 5 heteroatoms. The van der Waals surface area contributed by atoms with Gasteiger partial charge in [0.05, 0.1) is 0 Å². The van der Waals surface area contributed by atoms with Crippen LogP contribution in [-0.2, 0) is 0 Å². The van der Waals surface area contributed by atoms with Crippen molar-refractivity contribution in [2.24, 2.45) is 5.92 Å². The van der Waals surface area contributed by atoms with E-state index in [2.05, 4.69) is 26.3 Å². The first-order chi connectivity index (χ1) is 8.80. The van der Waals surface area contributed by atoms with Gasteiger partial charge in [0.25, 0.3) is 0 Å². The highest BCUT2D eigenvalue weighted by Crippen LogP contribution is 2.37. The standard InChI is InChI=1S/C13H20N4S/c1-14-11-7-12(16-13(15-11)18-2)17(10-5-6-10)8-9-3-4-9/h7,9-10H,3-6,8H2,1-2H3,(H,14,15,16).